The molecular formula is C11H13N3O2S2. The number of nitrogens with zero attached hydrogens (tertiary/aromatic N) is 1. The van der Waals surface area contributed by atoms with E-state index in [2.05, 4.69) is 10.6 Å². The molecule has 0 radical (unpaired) electrons. The maximum Gasteiger partial charge on any atom is 0.332 e. The maximum atomic E-state index is 11.9. The zero-order valence-electron chi connectivity index (χ0n) is 9.97. The molecule has 0 aliphatic carbocycles. The lowest BCUT2D eigenvalue weighted by Crippen LogP contribution is -2.62. The Morgan fingerprint density at radius 1 is 1.06 bits per heavy atom. The minimum Gasteiger partial charge on any atom is -0.308 e. The van der Waals surface area contributed by atoms with E-state index in [0.29, 0.717) is 5.69 Å². The molecule has 0 spiro atoms. The second-order valence-electron chi connectivity index (χ2n) is 3.55. The Morgan fingerprint density at radius 2 is 1.61 bits per heavy atom. The van der Waals surface area contributed by atoms with Crippen molar-refractivity contribution in [2.45, 2.75) is 10.4 Å². The Labute approximate surface area is 114 Å². The quantitative estimate of drug-likeness (QED) is 0.836. The highest BCUT2D eigenvalue weighted by molar-refractivity contribution is 7.99. The Bertz CT molecular complexity index is 446. The lowest BCUT2D eigenvalue weighted by molar-refractivity contribution is 0.224. The van der Waals surface area contributed by atoms with Crippen LogP contribution < -0.4 is 15.5 Å². The van der Waals surface area contributed by atoms with Gasteiger partial charge in [-0.3, -0.25) is 0 Å². The van der Waals surface area contributed by atoms with Crippen LogP contribution in [0.25, 0.3) is 0 Å². The smallest absolute Gasteiger partial charge is 0.308 e. The molecular weight excluding hydrogens is 270 g/mol. The van der Waals surface area contributed by atoms with Crippen LogP contribution in [0.5, 0.6) is 0 Å². The van der Waals surface area contributed by atoms with Crippen molar-refractivity contribution in [3.8, 4) is 0 Å². The fourth-order valence-corrected chi connectivity index (χ4v) is 2.41. The van der Waals surface area contributed by atoms with E-state index in [1.54, 1.807) is 23.9 Å². The van der Waals surface area contributed by atoms with Gasteiger partial charge >= 0.3 is 12.1 Å². The molecule has 4 amide bonds. The van der Waals surface area contributed by atoms with E-state index >= 15 is 0 Å². The van der Waals surface area contributed by atoms with Crippen molar-refractivity contribution in [2.24, 2.45) is 0 Å². The molecule has 1 aromatic rings. The van der Waals surface area contributed by atoms with Crippen LogP contribution in [0.4, 0.5) is 15.3 Å². The van der Waals surface area contributed by atoms with Crippen molar-refractivity contribution in [3.05, 3.63) is 24.3 Å². The van der Waals surface area contributed by atoms with Crippen molar-refractivity contribution >= 4 is 41.3 Å². The number of urea groups is 2. The van der Waals surface area contributed by atoms with Gasteiger partial charge in [0.25, 0.3) is 0 Å². The lowest BCUT2D eigenvalue weighted by Gasteiger charge is -2.31. The summed E-state index contributed by atoms with van der Waals surface area (Å²) in [4.78, 5) is 25.9. The summed E-state index contributed by atoms with van der Waals surface area (Å²) in [6.45, 7) is 0. The number of rotatable bonds is 3. The average molecular weight is 283 g/mol. The molecule has 0 unspecified atom stereocenters. The molecule has 7 heteroatoms. The largest absolute Gasteiger partial charge is 0.332 e. The van der Waals surface area contributed by atoms with Gasteiger partial charge in [0.1, 0.15) is 0 Å². The number of thioether (sulfide) groups is 2. The minimum atomic E-state index is -0.407. The van der Waals surface area contributed by atoms with E-state index in [9.17, 15) is 9.59 Å². The van der Waals surface area contributed by atoms with Crippen LogP contribution in [0.3, 0.4) is 0 Å². The van der Waals surface area contributed by atoms with Gasteiger partial charge in [-0.25, -0.2) is 14.5 Å². The SMILES string of the molecule is CSc1ccc(N2C(=O)NC(SC)NC2=O)cc1. The van der Waals surface area contributed by atoms with Gasteiger partial charge in [-0.15, -0.1) is 23.5 Å². The van der Waals surface area contributed by atoms with Crippen LogP contribution in [0.2, 0.25) is 0 Å². The molecule has 0 bridgehead atoms. The highest BCUT2D eigenvalue weighted by Crippen LogP contribution is 2.22. The Morgan fingerprint density at radius 3 is 2.06 bits per heavy atom. The number of benzene rings is 1. The van der Waals surface area contributed by atoms with Gasteiger partial charge in [0.2, 0.25) is 0 Å². The number of amides is 4. The summed E-state index contributed by atoms with van der Waals surface area (Å²) < 4.78 is 0. The summed E-state index contributed by atoms with van der Waals surface area (Å²) in [5, 5.41) is 5.37. The van der Waals surface area contributed by atoms with Crippen LogP contribution in [-0.2, 0) is 0 Å². The molecule has 2 N–H and O–H groups in total. The molecule has 1 heterocycles. The summed E-state index contributed by atoms with van der Waals surface area (Å²) in [7, 11) is 0. The van der Waals surface area contributed by atoms with E-state index in [1.165, 1.54) is 11.8 Å². The fourth-order valence-electron chi connectivity index (χ4n) is 1.57. The first-order chi connectivity index (χ1) is 8.65. The van der Waals surface area contributed by atoms with Crippen LogP contribution in [0, 0.1) is 0 Å². The maximum absolute atomic E-state index is 11.9. The molecule has 0 aromatic heterocycles. The molecule has 2 rings (SSSR count). The van der Waals surface area contributed by atoms with Gasteiger partial charge in [-0.2, -0.15) is 0 Å². The number of carbonyl (C=O) groups excluding carboxylic acids is 2. The first-order valence-corrected chi connectivity index (χ1v) is 7.75. The van der Waals surface area contributed by atoms with Crippen LogP contribution >= 0.6 is 23.5 Å². The minimum absolute atomic E-state index is 0.369. The molecule has 1 aromatic carbocycles. The number of anilines is 1. The van der Waals surface area contributed by atoms with Gasteiger partial charge in [0.15, 0.2) is 5.50 Å². The fraction of sp³-hybridized carbons (Fsp3) is 0.273. The molecule has 0 saturated carbocycles. The molecule has 1 saturated heterocycles. The second kappa shape index (κ2) is 5.53. The third kappa shape index (κ3) is 2.56. The van der Waals surface area contributed by atoms with Crippen molar-refractivity contribution in [1.82, 2.24) is 10.6 Å². The Kier molecular flexibility index (Phi) is 4.03. The van der Waals surface area contributed by atoms with E-state index in [1.807, 2.05) is 24.6 Å². The van der Waals surface area contributed by atoms with E-state index in [4.69, 9.17) is 0 Å². The zero-order chi connectivity index (χ0) is 13.1. The van der Waals surface area contributed by atoms with Crippen LogP contribution in [0.1, 0.15) is 0 Å². The molecule has 0 atom stereocenters. The predicted molar refractivity (Wildman–Crippen MR) is 75.1 cm³/mol. The first kappa shape index (κ1) is 13.1. The summed E-state index contributed by atoms with van der Waals surface area (Å²) >= 11 is 2.97. The molecule has 1 aliphatic rings. The highest BCUT2D eigenvalue weighted by atomic mass is 32.2. The molecule has 18 heavy (non-hydrogen) atoms. The monoisotopic (exact) mass is 283 g/mol. The summed E-state index contributed by atoms with van der Waals surface area (Å²) in [6, 6.07) is 6.45. The Hall–Kier alpha value is -1.34. The number of carbonyl (C=O) groups is 2. The average Bonchev–Trinajstić information content (AvgIpc) is 2.38. The van der Waals surface area contributed by atoms with Gasteiger partial charge in [0.05, 0.1) is 5.69 Å². The molecule has 1 fully saturated rings. The molecule has 96 valence electrons. The third-order valence-electron chi connectivity index (χ3n) is 2.48. The Balaban J connectivity index is 2.21. The van der Waals surface area contributed by atoms with Gasteiger partial charge in [-0.1, -0.05) is 0 Å². The molecule has 1 aliphatic heterocycles. The van der Waals surface area contributed by atoms with Gasteiger partial charge in [-0.05, 0) is 36.8 Å². The summed E-state index contributed by atoms with van der Waals surface area (Å²) in [5.41, 5.74) is 0.189. The van der Waals surface area contributed by atoms with Crippen molar-refractivity contribution in [1.29, 1.82) is 0 Å². The third-order valence-corrected chi connectivity index (χ3v) is 3.93. The topological polar surface area (TPSA) is 61.4 Å². The van der Waals surface area contributed by atoms with E-state index < -0.39 is 12.1 Å². The predicted octanol–water partition coefficient (Wildman–Crippen LogP) is 2.29. The normalized spacial score (nSPS) is 16.4. The van der Waals surface area contributed by atoms with Crippen molar-refractivity contribution < 1.29 is 9.59 Å². The number of imide groups is 1. The summed E-state index contributed by atoms with van der Waals surface area (Å²) in [5.74, 6) is 0. The van der Waals surface area contributed by atoms with Crippen molar-refractivity contribution in [3.63, 3.8) is 0 Å². The van der Waals surface area contributed by atoms with E-state index in [-0.39, 0.29) is 5.50 Å². The van der Waals surface area contributed by atoms with Gasteiger partial charge < -0.3 is 10.6 Å². The van der Waals surface area contributed by atoms with Crippen LogP contribution in [-0.4, -0.2) is 30.1 Å². The van der Waals surface area contributed by atoms with Crippen molar-refractivity contribution in [2.75, 3.05) is 17.4 Å². The lowest BCUT2D eigenvalue weighted by atomic mass is 10.3. The number of nitrogens with one attached hydrogen (secondary N) is 2. The van der Waals surface area contributed by atoms with Gasteiger partial charge in [0, 0.05) is 4.90 Å². The zero-order valence-corrected chi connectivity index (χ0v) is 11.6. The highest BCUT2D eigenvalue weighted by Gasteiger charge is 2.31. The number of hydrogen-bond acceptors (Lipinski definition) is 4. The first-order valence-electron chi connectivity index (χ1n) is 5.23. The molecule has 5 nitrogen and oxygen atoms in total. The second-order valence-corrected chi connectivity index (χ2v) is 5.37. The summed E-state index contributed by atoms with van der Waals surface area (Å²) in [6.07, 6.45) is 3.78. The standard InChI is InChI=1S/C11H13N3O2S2/c1-17-8-5-3-7(4-6-8)14-10(15)12-9(18-2)13-11(14)16/h3-6,9H,1-2H3,(H,12,15)(H,13,16). The van der Waals surface area contributed by atoms with E-state index in [0.717, 1.165) is 9.80 Å². The number of hydrogen-bond donors (Lipinski definition) is 2. The van der Waals surface area contributed by atoms with Crippen LogP contribution in [0.15, 0.2) is 29.2 Å².